The summed E-state index contributed by atoms with van der Waals surface area (Å²) >= 11 is 0. The summed E-state index contributed by atoms with van der Waals surface area (Å²) in [5.74, 6) is -1.19. The van der Waals surface area contributed by atoms with E-state index in [0.29, 0.717) is 13.0 Å². The number of carbonyl (C=O) groups is 2. The van der Waals surface area contributed by atoms with Crippen molar-refractivity contribution in [1.82, 2.24) is 20.3 Å². The largest absolute Gasteiger partial charge is 0.476 e. The number of nitrogens with zero attached hydrogens (tertiary/aromatic N) is 3. The lowest BCUT2D eigenvalue weighted by molar-refractivity contribution is 0.0432. The van der Waals surface area contributed by atoms with E-state index >= 15 is 0 Å². The Labute approximate surface area is 166 Å². The van der Waals surface area contributed by atoms with Crippen molar-refractivity contribution in [2.24, 2.45) is 0 Å². The Morgan fingerprint density at radius 1 is 1.07 bits per heavy atom. The monoisotopic (exact) mass is 390 g/mol. The zero-order valence-corrected chi connectivity index (χ0v) is 15.4. The fraction of sp³-hybridized carbons (Fsp3) is 0.238. The summed E-state index contributed by atoms with van der Waals surface area (Å²) in [7, 11) is 0. The highest BCUT2D eigenvalue weighted by Gasteiger charge is 2.40. The fourth-order valence-corrected chi connectivity index (χ4v) is 4.20. The maximum Gasteiger partial charge on any atom is 0.410 e. The van der Waals surface area contributed by atoms with E-state index in [0.717, 1.165) is 11.1 Å². The number of aromatic carboxylic acids is 1. The number of rotatable bonds is 4. The lowest BCUT2D eigenvalue weighted by Gasteiger charge is -2.39. The van der Waals surface area contributed by atoms with Gasteiger partial charge in [-0.05, 0) is 28.7 Å². The van der Waals surface area contributed by atoms with Crippen molar-refractivity contribution in [2.75, 3.05) is 13.2 Å². The van der Waals surface area contributed by atoms with Gasteiger partial charge in [0.25, 0.3) is 0 Å². The molecule has 146 valence electrons. The Kier molecular flexibility index (Phi) is 4.04. The van der Waals surface area contributed by atoms with Gasteiger partial charge in [0.1, 0.15) is 12.3 Å². The summed E-state index contributed by atoms with van der Waals surface area (Å²) in [6.07, 6.45) is 0.152. The molecule has 1 amide bonds. The summed E-state index contributed by atoms with van der Waals surface area (Å²) in [4.78, 5) is 25.5. The summed E-state index contributed by atoms with van der Waals surface area (Å²) in [6.45, 7) is 0.716. The maximum absolute atomic E-state index is 12.7. The number of carboxylic acid groups (broad SMARTS) is 1. The van der Waals surface area contributed by atoms with Gasteiger partial charge in [0.15, 0.2) is 5.69 Å². The van der Waals surface area contributed by atoms with Crippen LogP contribution in [0.15, 0.2) is 48.5 Å². The fourth-order valence-electron chi connectivity index (χ4n) is 4.20. The molecule has 0 bridgehead atoms. The number of aromatic amines is 1. The molecule has 1 saturated heterocycles. The highest BCUT2D eigenvalue weighted by Crippen LogP contribution is 2.44. The lowest BCUT2D eigenvalue weighted by Crippen LogP contribution is -2.46. The molecule has 5 rings (SSSR count). The van der Waals surface area contributed by atoms with Crippen molar-refractivity contribution in [3.05, 3.63) is 71.0 Å². The van der Waals surface area contributed by atoms with Gasteiger partial charge in [-0.15, -0.1) is 5.10 Å². The number of amides is 1. The highest BCUT2D eigenvalue weighted by molar-refractivity contribution is 5.87. The molecule has 1 atom stereocenters. The van der Waals surface area contributed by atoms with Gasteiger partial charge in [0.05, 0.1) is 6.04 Å². The molecule has 8 heteroatoms. The van der Waals surface area contributed by atoms with E-state index < -0.39 is 18.1 Å². The van der Waals surface area contributed by atoms with E-state index in [1.165, 1.54) is 16.0 Å². The number of aromatic nitrogens is 3. The molecule has 0 radical (unpaired) electrons. The molecule has 1 aliphatic carbocycles. The normalized spacial score (nSPS) is 17.4. The third kappa shape index (κ3) is 2.75. The second kappa shape index (κ2) is 6.73. The predicted octanol–water partition coefficient (Wildman–Crippen LogP) is 3.20. The minimum Gasteiger partial charge on any atom is -0.476 e. The number of H-pyrrole nitrogens is 1. The number of hydrogen-bond donors (Lipinski definition) is 2. The second-order valence-corrected chi connectivity index (χ2v) is 7.16. The predicted molar refractivity (Wildman–Crippen MR) is 102 cm³/mol. The third-order valence-electron chi connectivity index (χ3n) is 5.68. The number of hydrogen-bond acceptors (Lipinski definition) is 5. The van der Waals surface area contributed by atoms with Gasteiger partial charge in [-0.3, -0.25) is 4.90 Å². The number of fused-ring (bicyclic) bond motifs is 3. The molecule has 29 heavy (non-hydrogen) atoms. The summed E-state index contributed by atoms with van der Waals surface area (Å²) < 4.78 is 5.65. The minimum absolute atomic E-state index is 0.0206. The number of carbonyl (C=O) groups excluding carboxylic acids is 1. The van der Waals surface area contributed by atoms with Gasteiger partial charge >= 0.3 is 12.1 Å². The second-order valence-electron chi connectivity index (χ2n) is 7.16. The average Bonchev–Trinajstić information content (AvgIpc) is 3.29. The minimum atomic E-state index is -1.17. The SMILES string of the molecule is O=C(O)c1n[nH]nc1C1CCN1C(=O)OCC1c2ccccc2-c2ccccc21. The average molecular weight is 390 g/mol. The van der Waals surface area contributed by atoms with E-state index in [9.17, 15) is 14.7 Å². The van der Waals surface area contributed by atoms with Crippen LogP contribution in [0.2, 0.25) is 0 Å². The quantitative estimate of drug-likeness (QED) is 0.708. The van der Waals surface area contributed by atoms with Crippen LogP contribution in [0.1, 0.15) is 45.7 Å². The maximum atomic E-state index is 12.7. The van der Waals surface area contributed by atoms with Gasteiger partial charge in [-0.2, -0.15) is 10.3 Å². The van der Waals surface area contributed by atoms with E-state index in [1.54, 1.807) is 0 Å². The van der Waals surface area contributed by atoms with Crippen molar-refractivity contribution < 1.29 is 19.4 Å². The molecule has 1 aromatic heterocycles. The van der Waals surface area contributed by atoms with Crippen molar-refractivity contribution in [3.63, 3.8) is 0 Å². The summed E-state index contributed by atoms with van der Waals surface area (Å²) in [6, 6.07) is 15.9. The molecule has 2 aliphatic rings. The van der Waals surface area contributed by atoms with Gasteiger partial charge in [0.2, 0.25) is 0 Å². The zero-order valence-electron chi connectivity index (χ0n) is 15.4. The van der Waals surface area contributed by atoms with E-state index in [4.69, 9.17) is 4.74 Å². The molecule has 2 aromatic carbocycles. The molecular weight excluding hydrogens is 372 g/mol. The van der Waals surface area contributed by atoms with Crippen LogP contribution in [-0.2, 0) is 4.74 Å². The molecular formula is C21H18N4O4. The number of benzene rings is 2. The first-order chi connectivity index (χ1) is 14.1. The molecule has 1 aliphatic heterocycles. The van der Waals surface area contributed by atoms with Crippen LogP contribution in [-0.4, -0.2) is 50.6 Å². The van der Waals surface area contributed by atoms with Crippen molar-refractivity contribution >= 4 is 12.1 Å². The van der Waals surface area contributed by atoms with Crippen LogP contribution in [0, 0.1) is 0 Å². The summed E-state index contributed by atoms with van der Waals surface area (Å²) in [5, 5.41) is 19.1. The van der Waals surface area contributed by atoms with Gasteiger partial charge < -0.3 is 9.84 Å². The van der Waals surface area contributed by atoms with E-state index in [-0.39, 0.29) is 23.9 Å². The Morgan fingerprint density at radius 3 is 2.31 bits per heavy atom. The Hall–Kier alpha value is -3.68. The number of likely N-dealkylation sites (tertiary alicyclic amines) is 1. The molecule has 2 heterocycles. The van der Waals surface area contributed by atoms with Gasteiger partial charge in [0, 0.05) is 12.5 Å². The zero-order chi connectivity index (χ0) is 20.0. The van der Waals surface area contributed by atoms with Crippen LogP contribution in [0.5, 0.6) is 0 Å². The number of ether oxygens (including phenoxy) is 1. The van der Waals surface area contributed by atoms with Crippen LogP contribution in [0.25, 0.3) is 11.1 Å². The number of carboxylic acids is 1. The number of nitrogens with one attached hydrogen (secondary N) is 1. The highest BCUT2D eigenvalue weighted by atomic mass is 16.6. The standard InChI is InChI=1S/C21H18N4O4/c26-20(27)19-18(22-24-23-19)17-9-10-25(17)21(28)29-11-16-14-7-3-1-5-12(14)13-6-2-4-8-15(13)16/h1-8,16-17H,9-11H2,(H,26,27)(H,22,23,24). The first-order valence-electron chi connectivity index (χ1n) is 9.40. The molecule has 2 N–H and O–H groups in total. The van der Waals surface area contributed by atoms with E-state index in [1.807, 2.05) is 24.3 Å². The summed E-state index contributed by atoms with van der Waals surface area (Å²) in [5.41, 5.74) is 4.72. The first-order valence-corrected chi connectivity index (χ1v) is 9.40. The topological polar surface area (TPSA) is 108 Å². The smallest absolute Gasteiger partial charge is 0.410 e. The third-order valence-corrected chi connectivity index (χ3v) is 5.68. The Balaban J connectivity index is 1.33. The van der Waals surface area contributed by atoms with Crippen molar-refractivity contribution in [3.8, 4) is 11.1 Å². The van der Waals surface area contributed by atoms with Gasteiger partial charge in [-0.1, -0.05) is 48.5 Å². The molecule has 1 unspecified atom stereocenters. The Bertz CT molecular complexity index is 1060. The Morgan fingerprint density at radius 2 is 1.72 bits per heavy atom. The first kappa shape index (κ1) is 17.4. The lowest BCUT2D eigenvalue weighted by atomic mass is 9.98. The molecule has 3 aromatic rings. The van der Waals surface area contributed by atoms with Crippen LogP contribution in [0.3, 0.4) is 0 Å². The van der Waals surface area contributed by atoms with Gasteiger partial charge in [-0.25, -0.2) is 9.59 Å². The van der Waals surface area contributed by atoms with E-state index in [2.05, 4.69) is 39.7 Å². The van der Waals surface area contributed by atoms with Crippen LogP contribution in [0.4, 0.5) is 4.79 Å². The molecule has 0 saturated carbocycles. The van der Waals surface area contributed by atoms with Crippen molar-refractivity contribution in [2.45, 2.75) is 18.4 Å². The van der Waals surface area contributed by atoms with Crippen LogP contribution >= 0.6 is 0 Å². The van der Waals surface area contributed by atoms with Crippen molar-refractivity contribution in [1.29, 1.82) is 0 Å². The molecule has 1 fully saturated rings. The van der Waals surface area contributed by atoms with Crippen LogP contribution < -0.4 is 0 Å². The molecule has 0 spiro atoms. The molecule has 8 nitrogen and oxygen atoms in total.